The normalized spacial score (nSPS) is 13.5. The predicted octanol–water partition coefficient (Wildman–Crippen LogP) is 24.7. The second-order valence-electron chi connectivity index (χ2n) is 21.3. The molecule has 17 rings (SSSR count). The van der Waals surface area contributed by atoms with Crippen molar-refractivity contribution in [1.29, 1.82) is 0 Å². The van der Waals surface area contributed by atoms with Crippen molar-refractivity contribution < 1.29 is 0 Å². The van der Waals surface area contributed by atoms with E-state index in [1.54, 1.807) is 90.7 Å². The van der Waals surface area contributed by atoms with Gasteiger partial charge in [-0.2, -0.15) is 0 Å². The van der Waals surface area contributed by atoms with Crippen molar-refractivity contribution in [1.82, 2.24) is 9.97 Å². The highest BCUT2D eigenvalue weighted by molar-refractivity contribution is 7.28. The Hall–Kier alpha value is -7.84. The molecule has 1 unspecified atom stereocenters. The van der Waals surface area contributed by atoms with Gasteiger partial charge in [-0.25, -0.2) is 0 Å². The van der Waals surface area contributed by atoms with Crippen molar-refractivity contribution in [2.45, 2.75) is 13.3 Å². The van der Waals surface area contributed by atoms with E-state index in [9.17, 15) is 0 Å². The van der Waals surface area contributed by atoms with Gasteiger partial charge in [-0.1, -0.05) is 89.8 Å². The van der Waals surface area contributed by atoms with Gasteiger partial charge in [-0.05, 0) is 162 Å². The molecule has 0 saturated heterocycles. The predicted molar refractivity (Wildman–Crippen MR) is 397 cm³/mol. The first-order valence-corrected chi connectivity index (χ1v) is 38.3. The molecular weight excluding hydrogens is 1310 g/mol. The lowest BCUT2D eigenvalue weighted by Gasteiger charge is -2.23. The zero-order valence-electron chi connectivity index (χ0n) is 46.7. The van der Waals surface area contributed by atoms with Gasteiger partial charge < -0.3 is 9.97 Å². The summed E-state index contributed by atoms with van der Waals surface area (Å²) < 4.78 is 0. The summed E-state index contributed by atoms with van der Waals surface area (Å²) in [5, 5.41) is 11.7. The van der Waals surface area contributed by atoms with Crippen molar-refractivity contribution in [2.75, 3.05) is 0 Å². The maximum atomic E-state index is 4.03. The number of nitrogens with one attached hydrogen (secondary N) is 2. The Morgan fingerprint density at radius 2 is 0.742 bits per heavy atom. The third-order valence-corrected chi connectivity index (χ3v) is 28.8. The van der Waals surface area contributed by atoms with Crippen LogP contribution in [0, 0.1) is 52.8 Å². The molecule has 1 aliphatic rings. The molecule has 16 aromatic rings. The number of fused-ring (bicyclic) bond motifs is 7. The van der Waals surface area contributed by atoms with Crippen molar-refractivity contribution in [3.8, 4) is 125 Å². The molecule has 0 spiro atoms. The summed E-state index contributed by atoms with van der Waals surface area (Å²) in [7, 11) is 0. The van der Waals surface area contributed by atoms with Crippen LogP contribution in [0.3, 0.4) is 0 Å². The van der Waals surface area contributed by atoms with Gasteiger partial charge in [0.15, 0.2) is 0 Å². The van der Waals surface area contributed by atoms with Crippen LogP contribution in [0.4, 0.5) is 0 Å². The van der Waals surface area contributed by atoms with Gasteiger partial charge in [-0.3, -0.25) is 0 Å². The fourth-order valence-corrected chi connectivity index (χ4v) is 22.3. The number of hydrogen-bond acceptors (Lipinski definition) is 12. The van der Waals surface area contributed by atoms with E-state index in [1.807, 2.05) is 45.3 Å². The quantitative estimate of drug-likeness (QED) is 0.142. The largest absolute Gasteiger partial charge is 0.356 e. The third kappa shape index (κ3) is 10.8. The summed E-state index contributed by atoms with van der Waals surface area (Å²) in [6.45, 7) is 2.26. The molecule has 1 atom stereocenters. The van der Waals surface area contributed by atoms with E-state index in [1.165, 1.54) is 78.0 Å². The Labute approximate surface area is 561 Å². The monoisotopic (exact) mass is 1350 g/mol. The molecule has 2 nitrogen and oxygen atoms in total. The van der Waals surface area contributed by atoms with Gasteiger partial charge in [-0.15, -0.1) is 136 Å². The van der Waals surface area contributed by atoms with Crippen LogP contribution in [0.2, 0.25) is 0 Å². The number of thiophene rings is 12. The van der Waals surface area contributed by atoms with E-state index in [0.717, 1.165) is 80.2 Å². The van der Waals surface area contributed by atoms with Crippen molar-refractivity contribution in [2.24, 2.45) is 5.41 Å². The minimum absolute atomic E-state index is 0.433. The van der Waals surface area contributed by atoms with E-state index in [-0.39, 0.29) is 0 Å². The first kappa shape index (κ1) is 55.2. The Kier molecular flexibility index (Phi) is 14.4. The minimum Gasteiger partial charge on any atom is -0.356 e. The smallest absolute Gasteiger partial charge is 0.0779 e. The molecule has 0 bridgehead atoms. The Bertz CT molecular complexity index is 5640. The number of allylic oxidation sites excluding steroid dienone is 1. The zero-order valence-corrected chi connectivity index (χ0v) is 56.5. The summed E-state index contributed by atoms with van der Waals surface area (Å²) in [5.74, 6) is 29.6. The topological polar surface area (TPSA) is 31.6 Å². The van der Waals surface area contributed by atoms with Gasteiger partial charge in [0.05, 0.1) is 47.1 Å². The number of rotatable bonds is 8. The Balaban J connectivity index is 0.787. The molecule has 422 valence electrons. The standard InChI is InChI=1S/C75H40N2S12/c1-75(36-34-48-18-25-66(85-48)70-33-29-62(89-70)58-9-5-41-81-58)37-35-52-54(43-75)77-74-72(52)50(21-14-47-17-24-65(84-47)69-32-28-61(88-69)57-8-4-40-80-57)49(20-13-46-16-23-64(83-46)68-31-27-60(87-68)56-7-3-39-79-56)71-51-19-11-44(42-53(51)76-73(71)74)10-12-45-15-22-63(82-45)67-30-26-59(86-67)55-6-2-38-78-55/h2-9,11,15-19,22-33,35,37-42,76-77H,43H2,1H3. The number of aromatic nitrogens is 2. The molecule has 0 fully saturated rings. The molecule has 0 saturated carbocycles. The van der Waals surface area contributed by atoms with Crippen LogP contribution < -0.4 is 0 Å². The molecule has 1 aliphatic carbocycles. The van der Waals surface area contributed by atoms with Crippen LogP contribution in [-0.2, 0) is 6.42 Å². The SMILES string of the molecule is CC1(C#Cc2ccc(-c3ccc(-c4cccs4)s3)s2)C=Cc2c([nH]c3c2c(C#Cc2ccc(-c4ccc(-c5cccs5)s4)s2)c(C#Cc2ccc(-c4ccc(-c5cccs5)s4)s2)c2c4ccc(C#Cc5ccc(-c6ccc(-c7cccs7)s6)s5)cc4[nH]c32)C1. The highest BCUT2D eigenvalue weighted by Crippen LogP contribution is 2.47. The molecular formula is C75H40N2S12. The second-order valence-corrected chi connectivity index (χ2v) is 33.8. The zero-order chi connectivity index (χ0) is 59.0. The van der Waals surface area contributed by atoms with Gasteiger partial charge >= 0.3 is 0 Å². The molecule has 14 heterocycles. The number of H-pyrrole nitrogens is 2. The molecule has 0 aliphatic heterocycles. The maximum absolute atomic E-state index is 4.03. The number of hydrogen-bond donors (Lipinski definition) is 2. The highest BCUT2D eigenvalue weighted by Gasteiger charge is 2.30. The van der Waals surface area contributed by atoms with Crippen LogP contribution in [0.5, 0.6) is 0 Å². The Morgan fingerprint density at radius 1 is 0.360 bits per heavy atom. The van der Waals surface area contributed by atoms with Crippen LogP contribution >= 0.6 is 136 Å². The first-order chi connectivity index (χ1) is 43.8. The average Bonchev–Trinajstić information content (AvgIpc) is 1.59. The molecule has 14 heteroatoms. The molecule has 89 heavy (non-hydrogen) atoms. The summed E-state index contributed by atoms with van der Waals surface area (Å²) in [6, 6.07) is 59.2. The van der Waals surface area contributed by atoms with Crippen molar-refractivity contribution in [3.05, 3.63) is 239 Å². The van der Waals surface area contributed by atoms with Gasteiger partial charge in [0.1, 0.15) is 0 Å². The summed E-state index contributed by atoms with van der Waals surface area (Å²) in [6.07, 6.45) is 5.29. The van der Waals surface area contributed by atoms with E-state index >= 15 is 0 Å². The lowest BCUT2D eigenvalue weighted by atomic mass is 9.80. The van der Waals surface area contributed by atoms with Crippen LogP contribution in [0.25, 0.3) is 117 Å². The van der Waals surface area contributed by atoms with Gasteiger partial charge in [0, 0.05) is 123 Å². The average molecular weight is 1350 g/mol. The van der Waals surface area contributed by atoms with Crippen LogP contribution in [0.15, 0.2) is 191 Å². The summed E-state index contributed by atoms with van der Waals surface area (Å²) >= 11 is 21.4. The lowest BCUT2D eigenvalue weighted by molar-refractivity contribution is 0.562. The molecule has 0 radical (unpaired) electrons. The van der Waals surface area contributed by atoms with E-state index < -0.39 is 5.41 Å². The first-order valence-electron chi connectivity index (χ1n) is 28.2. The molecule has 0 amide bonds. The minimum atomic E-state index is -0.433. The van der Waals surface area contributed by atoms with Crippen molar-refractivity contribution >= 4 is 175 Å². The fraction of sp³-hybridized carbons (Fsp3) is 0.0400. The fourth-order valence-electron chi connectivity index (χ4n) is 11.2. The van der Waals surface area contributed by atoms with Gasteiger partial charge in [0.25, 0.3) is 0 Å². The number of aromatic amines is 2. The summed E-state index contributed by atoms with van der Waals surface area (Å²) in [4.78, 5) is 32.3. The number of benzene rings is 2. The third-order valence-electron chi connectivity index (χ3n) is 15.4. The molecule has 2 N–H and O–H groups in total. The molecule has 14 aromatic heterocycles. The van der Waals surface area contributed by atoms with Crippen LogP contribution in [-0.4, -0.2) is 9.97 Å². The van der Waals surface area contributed by atoms with E-state index in [4.69, 9.17) is 0 Å². The van der Waals surface area contributed by atoms with E-state index in [0.29, 0.717) is 6.42 Å². The lowest BCUT2D eigenvalue weighted by Crippen LogP contribution is -2.18. The highest BCUT2D eigenvalue weighted by atomic mass is 32.1. The van der Waals surface area contributed by atoms with E-state index in [2.05, 4.69) is 262 Å². The molecule has 2 aromatic carbocycles. The summed E-state index contributed by atoms with van der Waals surface area (Å²) in [5.41, 5.74) is 7.57. The van der Waals surface area contributed by atoms with Gasteiger partial charge in [0.2, 0.25) is 0 Å². The second kappa shape index (κ2) is 23.2. The maximum Gasteiger partial charge on any atom is 0.0779 e. The van der Waals surface area contributed by atoms with Crippen molar-refractivity contribution in [3.63, 3.8) is 0 Å². The van der Waals surface area contributed by atoms with Crippen LogP contribution in [0.1, 0.15) is 54.4 Å². The Morgan fingerprint density at radius 3 is 1.18 bits per heavy atom.